The molecule has 3 rings (SSSR count). The summed E-state index contributed by atoms with van der Waals surface area (Å²) in [7, 11) is 1.65. The van der Waals surface area contributed by atoms with E-state index in [0.29, 0.717) is 13.0 Å². The molecule has 0 saturated carbocycles. The zero-order valence-electron chi connectivity index (χ0n) is 15.0. The van der Waals surface area contributed by atoms with Crippen LogP contribution in [0.25, 0.3) is 10.6 Å². The molecule has 0 aliphatic rings. The summed E-state index contributed by atoms with van der Waals surface area (Å²) < 4.78 is 5.22. The normalized spacial score (nSPS) is 10.5. The van der Waals surface area contributed by atoms with E-state index in [1.54, 1.807) is 18.4 Å². The van der Waals surface area contributed by atoms with Gasteiger partial charge in [-0.25, -0.2) is 4.98 Å². The Bertz CT molecular complexity index is 875. The molecule has 0 fully saturated rings. The van der Waals surface area contributed by atoms with Gasteiger partial charge in [0, 0.05) is 17.0 Å². The van der Waals surface area contributed by atoms with Crippen LogP contribution in [0.3, 0.4) is 0 Å². The molecule has 0 unspecified atom stereocenters. The third-order valence-electron chi connectivity index (χ3n) is 4.10. The lowest BCUT2D eigenvalue weighted by Crippen LogP contribution is -2.27. The Labute approximate surface area is 157 Å². The lowest BCUT2D eigenvalue weighted by molar-refractivity contribution is -0.120. The number of rotatable bonds is 7. The number of aromatic nitrogens is 1. The first-order chi connectivity index (χ1) is 12.7. The zero-order valence-corrected chi connectivity index (χ0v) is 15.8. The number of methoxy groups -OCH3 is 1. The summed E-state index contributed by atoms with van der Waals surface area (Å²) in [5.74, 6) is 0.863. The molecular weight excluding hydrogens is 344 g/mol. The summed E-state index contributed by atoms with van der Waals surface area (Å²) in [6.45, 7) is 2.57. The van der Waals surface area contributed by atoms with Crippen molar-refractivity contribution in [3.8, 4) is 16.3 Å². The molecule has 26 heavy (non-hydrogen) atoms. The van der Waals surface area contributed by atoms with E-state index in [4.69, 9.17) is 4.74 Å². The summed E-state index contributed by atoms with van der Waals surface area (Å²) in [5, 5.41) is 3.95. The number of amides is 1. The van der Waals surface area contributed by atoms with Crippen LogP contribution in [-0.4, -0.2) is 24.5 Å². The lowest BCUT2D eigenvalue weighted by atomic mass is 10.1. The minimum Gasteiger partial charge on any atom is -0.497 e. The highest BCUT2D eigenvalue weighted by Gasteiger charge is 2.12. The number of benzene rings is 2. The molecule has 2 aromatic carbocycles. The zero-order chi connectivity index (χ0) is 18.4. The molecule has 1 heterocycles. The van der Waals surface area contributed by atoms with Gasteiger partial charge in [-0.05, 0) is 31.0 Å². The fraction of sp³-hybridized carbons (Fsp3) is 0.238. The van der Waals surface area contributed by atoms with Gasteiger partial charge in [0.2, 0.25) is 5.91 Å². The molecule has 1 amide bonds. The lowest BCUT2D eigenvalue weighted by Gasteiger charge is -2.06. The van der Waals surface area contributed by atoms with Crippen molar-refractivity contribution in [1.82, 2.24) is 10.3 Å². The van der Waals surface area contributed by atoms with Gasteiger partial charge in [-0.1, -0.05) is 42.5 Å². The molecule has 5 heteroatoms. The van der Waals surface area contributed by atoms with Gasteiger partial charge in [0.15, 0.2) is 0 Å². The molecule has 0 aliphatic heterocycles. The number of hydrogen-bond acceptors (Lipinski definition) is 4. The van der Waals surface area contributed by atoms with Gasteiger partial charge in [-0.15, -0.1) is 11.3 Å². The van der Waals surface area contributed by atoms with Crippen molar-refractivity contribution < 1.29 is 9.53 Å². The summed E-state index contributed by atoms with van der Waals surface area (Å²) in [5.41, 5.74) is 3.16. The highest BCUT2D eigenvalue weighted by Crippen LogP contribution is 2.27. The van der Waals surface area contributed by atoms with Crippen molar-refractivity contribution in [3.05, 3.63) is 70.7 Å². The summed E-state index contributed by atoms with van der Waals surface area (Å²) >= 11 is 1.59. The van der Waals surface area contributed by atoms with Crippen LogP contribution in [-0.2, 0) is 17.6 Å². The third kappa shape index (κ3) is 4.70. The minimum atomic E-state index is 0.0271. The largest absolute Gasteiger partial charge is 0.497 e. The number of nitrogens with one attached hydrogen (secondary N) is 1. The quantitative estimate of drug-likeness (QED) is 0.687. The first kappa shape index (κ1) is 18.1. The van der Waals surface area contributed by atoms with Crippen LogP contribution in [0.1, 0.15) is 16.1 Å². The molecule has 0 atom stereocenters. The van der Waals surface area contributed by atoms with Crippen molar-refractivity contribution in [2.75, 3.05) is 13.7 Å². The predicted octanol–water partition coefficient (Wildman–Crippen LogP) is 4.03. The first-order valence-corrected chi connectivity index (χ1v) is 9.38. The third-order valence-corrected chi connectivity index (χ3v) is 5.31. The number of aryl methyl sites for hydroxylation is 1. The Kier molecular flexibility index (Phi) is 6.02. The predicted molar refractivity (Wildman–Crippen MR) is 106 cm³/mol. The first-order valence-electron chi connectivity index (χ1n) is 8.57. The Morgan fingerprint density at radius 1 is 1.15 bits per heavy atom. The molecule has 134 valence electrons. The van der Waals surface area contributed by atoms with Crippen LogP contribution in [0, 0.1) is 6.92 Å². The van der Waals surface area contributed by atoms with E-state index in [2.05, 4.69) is 10.3 Å². The molecule has 0 spiro atoms. The van der Waals surface area contributed by atoms with E-state index in [1.807, 2.05) is 61.5 Å². The molecule has 4 nitrogen and oxygen atoms in total. The van der Waals surface area contributed by atoms with Crippen molar-refractivity contribution in [2.45, 2.75) is 19.8 Å². The second kappa shape index (κ2) is 8.63. The van der Waals surface area contributed by atoms with Crippen LogP contribution < -0.4 is 10.1 Å². The highest BCUT2D eigenvalue weighted by atomic mass is 32.1. The van der Waals surface area contributed by atoms with Crippen molar-refractivity contribution in [2.24, 2.45) is 0 Å². The van der Waals surface area contributed by atoms with Gasteiger partial charge >= 0.3 is 0 Å². The molecular formula is C21H22N2O2S. The molecule has 0 aliphatic carbocycles. The van der Waals surface area contributed by atoms with Crippen LogP contribution in [0.4, 0.5) is 0 Å². The number of carbonyl (C=O) groups excluding carboxylic acids is 1. The SMILES string of the molecule is COc1cccc(CCNC(=O)Cc2sc(-c3ccccc3)nc2C)c1. The van der Waals surface area contributed by atoms with Gasteiger partial charge in [-0.3, -0.25) is 4.79 Å². The molecule has 1 N–H and O–H groups in total. The molecule has 0 bridgehead atoms. The average molecular weight is 366 g/mol. The molecule has 0 saturated heterocycles. The minimum absolute atomic E-state index is 0.0271. The second-order valence-corrected chi connectivity index (χ2v) is 7.11. The van der Waals surface area contributed by atoms with Crippen LogP contribution in [0.15, 0.2) is 54.6 Å². The van der Waals surface area contributed by atoms with Gasteiger partial charge in [0.1, 0.15) is 10.8 Å². The maximum absolute atomic E-state index is 12.3. The van der Waals surface area contributed by atoms with E-state index in [-0.39, 0.29) is 5.91 Å². The Morgan fingerprint density at radius 3 is 2.73 bits per heavy atom. The molecule has 0 radical (unpaired) electrons. The Morgan fingerprint density at radius 2 is 1.96 bits per heavy atom. The van der Waals surface area contributed by atoms with Crippen LogP contribution >= 0.6 is 11.3 Å². The van der Waals surface area contributed by atoms with Gasteiger partial charge in [0.25, 0.3) is 0 Å². The van der Waals surface area contributed by atoms with E-state index in [9.17, 15) is 4.79 Å². The van der Waals surface area contributed by atoms with Crippen molar-refractivity contribution >= 4 is 17.2 Å². The number of nitrogens with zero attached hydrogens (tertiary/aromatic N) is 1. The molecule has 3 aromatic rings. The second-order valence-electron chi connectivity index (χ2n) is 6.02. The van der Waals surface area contributed by atoms with Crippen LogP contribution in [0.5, 0.6) is 5.75 Å². The number of thiazole rings is 1. The van der Waals surface area contributed by atoms with E-state index in [1.165, 1.54) is 0 Å². The van der Waals surface area contributed by atoms with Crippen molar-refractivity contribution in [1.29, 1.82) is 0 Å². The summed E-state index contributed by atoms with van der Waals surface area (Å²) in [6, 6.07) is 18.0. The Balaban J connectivity index is 1.54. The average Bonchev–Trinajstić information content (AvgIpc) is 3.03. The number of hydrogen-bond donors (Lipinski definition) is 1. The van der Waals surface area contributed by atoms with Crippen LogP contribution in [0.2, 0.25) is 0 Å². The number of carbonyl (C=O) groups is 1. The highest BCUT2D eigenvalue weighted by molar-refractivity contribution is 7.15. The maximum Gasteiger partial charge on any atom is 0.225 e. The van der Waals surface area contributed by atoms with E-state index >= 15 is 0 Å². The fourth-order valence-corrected chi connectivity index (χ4v) is 3.75. The standard InChI is InChI=1S/C21H22N2O2S/c1-15-19(26-21(23-15)17-8-4-3-5-9-17)14-20(24)22-12-11-16-7-6-10-18(13-16)25-2/h3-10,13H,11-12,14H2,1-2H3,(H,22,24). The summed E-state index contributed by atoms with van der Waals surface area (Å²) in [4.78, 5) is 17.9. The topological polar surface area (TPSA) is 51.2 Å². The molecule has 1 aromatic heterocycles. The van der Waals surface area contributed by atoms with E-state index in [0.717, 1.165) is 38.9 Å². The van der Waals surface area contributed by atoms with E-state index < -0.39 is 0 Å². The Hall–Kier alpha value is -2.66. The van der Waals surface area contributed by atoms with Gasteiger partial charge in [-0.2, -0.15) is 0 Å². The van der Waals surface area contributed by atoms with Crippen molar-refractivity contribution in [3.63, 3.8) is 0 Å². The smallest absolute Gasteiger partial charge is 0.225 e. The van der Waals surface area contributed by atoms with Gasteiger partial charge < -0.3 is 10.1 Å². The maximum atomic E-state index is 12.3. The fourth-order valence-electron chi connectivity index (χ4n) is 2.68. The monoisotopic (exact) mass is 366 g/mol. The summed E-state index contributed by atoms with van der Waals surface area (Å²) in [6.07, 6.45) is 1.15. The van der Waals surface area contributed by atoms with Gasteiger partial charge in [0.05, 0.1) is 19.2 Å². The number of ether oxygens (including phenoxy) is 1.